The van der Waals surface area contributed by atoms with E-state index in [2.05, 4.69) is 34.8 Å². The third kappa shape index (κ3) is 4.00. The van der Waals surface area contributed by atoms with Gasteiger partial charge in [0, 0.05) is 0 Å². The monoisotopic (exact) mass is 317 g/mol. The SMILES string of the molecule is ClCCC1[Se]C=NN1NCCc1ccccc1. The fraction of sp³-hybridized carbons (Fsp3) is 0.417. The standard InChI is InChI=1S/C12H16ClN3Se/c13-8-6-12-16(15-10-17-12)14-9-7-11-4-2-1-3-5-11/h1-5,10,12,14H,6-9H2. The van der Waals surface area contributed by atoms with Gasteiger partial charge in [-0.1, -0.05) is 0 Å². The fourth-order valence-corrected chi connectivity index (χ4v) is 3.83. The van der Waals surface area contributed by atoms with E-state index < -0.39 is 0 Å². The van der Waals surface area contributed by atoms with Gasteiger partial charge in [0.1, 0.15) is 0 Å². The number of nitrogens with zero attached hydrogens (tertiary/aromatic N) is 2. The predicted molar refractivity (Wildman–Crippen MR) is 73.4 cm³/mol. The summed E-state index contributed by atoms with van der Waals surface area (Å²) in [6, 6.07) is 10.5. The first-order valence-corrected chi connectivity index (χ1v) is 8.22. The second-order valence-electron chi connectivity index (χ2n) is 3.78. The molecule has 1 unspecified atom stereocenters. The fourth-order valence-electron chi connectivity index (χ4n) is 1.67. The number of halogens is 1. The second-order valence-corrected chi connectivity index (χ2v) is 6.31. The number of hydrogen-bond acceptors (Lipinski definition) is 3. The van der Waals surface area contributed by atoms with Crippen molar-refractivity contribution in [3.05, 3.63) is 35.9 Å². The Kier molecular flexibility index (Phi) is 5.33. The van der Waals surface area contributed by atoms with Crippen LogP contribution in [-0.2, 0) is 6.42 Å². The van der Waals surface area contributed by atoms with Crippen LogP contribution >= 0.6 is 11.6 Å². The molecule has 0 aromatic heterocycles. The number of alkyl halides is 1. The van der Waals surface area contributed by atoms with Gasteiger partial charge in [0.15, 0.2) is 0 Å². The molecule has 1 N–H and O–H groups in total. The van der Waals surface area contributed by atoms with E-state index in [9.17, 15) is 0 Å². The van der Waals surface area contributed by atoms with E-state index in [1.807, 2.05) is 16.3 Å². The summed E-state index contributed by atoms with van der Waals surface area (Å²) in [4.78, 5) is 0.482. The first-order chi connectivity index (χ1) is 8.40. The quantitative estimate of drug-likeness (QED) is 0.638. The van der Waals surface area contributed by atoms with Gasteiger partial charge in [-0.15, -0.1) is 0 Å². The number of hydrazine groups is 1. The van der Waals surface area contributed by atoms with Gasteiger partial charge in [-0.25, -0.2) is 0 Å². The van der Waals surface area contributed by atoms with Crippen LogP contribution in [0, 0.1) is 0 Å². The first-order valence-electron chi connectivity index (χ1n) is 5.70. The summed E-state index contributed by atoms with van der Waals surface area (Å²) in [5.41, 5.74) is 4.71. The maximum atomic E-state index is 5.78. The Bertz CT molecular complexity index is 358. The van der Waals surface area contributed by atoms with Gasteiger partial charge in [0.2, 0.25) is 0 Å². The topological polar surface area (TPSA) is 27.6 Å². The molecule has 17 heavy (non-hydrogen) atoms. The third-order valence-electron chi connectivity index (χ3n) is 2.55. The minimum atomic E-state index is 0.453. The maximum absolute atomic E-state index is 5.78. The Morgan fingerprint density at radius 3 is 2.94 bits per heavy atom. The molecule has 0 amide bonds. The molecule has 2 rings (SSSR count). The Hall–Kier alpha value is -0.541. The molecule has 0 spiro atoms. The molecule has 0 fully saturated rings. The van der Waals surface area contributed by atoms with E-state index >= 15 is 0 Å². The van der Waals surface area contributed by atoms with Crippen LogP contribution in [0.3, 0.4) is 0 Å². The molecule has 0 bridgehead atoms. The molecule has 0 saturated carbocycles. The van der Waals surface area contributed by atoms with Crippen molar-refractivity contribution in [1.82, 2.24) is 10.5 Å². The molecule has 1 aliphatic heterocycles. The number of benzene rings is 1. The summed E-state index contributed by atoms with van der Waals surface area (Å²) in [6.07, 6.45) is 2.02. The van der Waals surface area contributed by atoms with Crippen LogP contribution in [0.1, 0.15) is 12.0 Å². The molecule has 1 aromatic carbocycles. The molecule has 1 atom stereocenters. The van der Waals surface area contributed by atoms with Crippen LogP contribution < -0.4 is 5.43 Å². The van der Waals surface area contributed by atoms with Crippen LogP contribution in [0.15, 0.2) is 35.4 Å². The van der Waals surface area contributed by atoms with Crippen molar-refractivity contribution in [3.8, 4) is 0 Å². The Morgan fingerprint density at radius 1 is 1.35 bits per heavy atom. The number of nitrogens with one attached hydrogen (secondary N) is 1. The van der Waals surface area contributed by atoms with Crippen molar-refractivity contribution in [2.24, 2.45) is 5.10 Å². The van der Waals surface area contributed by atoms with Crippen molar-refractivity contribution in [2.45, 2.75) is 17.8 Å². The van der Waals surface area contributed by atoms with Gasteiger partial charge in [-0.3, -0.25) is 0 Å². The second kappa shape index (κ2) is 7.02. The van der Waals surface area contributed by atoms with E-state index in [0.717, 1.165) is 19.4 Å². The van der Waals surface area contributed by atoms with Crippen LogP contribution in [-0.4, -0.2) is 42.6 Å². The molecule has 3 nitrogen and oxygen atoms in total. The molecule has 0 aliphatic carbocycles. The van der Waals surface area contributed by atoms with E-state index in [0.29, 0.717) is 25.8 Å². The average molecular weight is 317 g/mol. The molecule has 1 aromatic rings. The molecule has 5 heteroatoms. The molecule has 0 radical (unpaired) electrons. The van der Waals surface area contributed by atoms with E-state index in [4.69, 9.17) is 11.6 Å². The van der Waals surface area contributed by atoms with Crippen LogP contribution in [0.2, 0.25) is 0 Å². The summed E-state index contributed by atoms with van der Waals surface area (Å²) in [5, 5.41) is 8.32. The zero-order chi connectivity index (χ0) is 11.9. The molecule has 1 heterocycles. The molecule has 0 saturated heterocycles. The first kappa shape index (κ1) is 12.9. The predicted octanol–water partition coefficient (Wildman–Crippen LogP) is 1.65. The van der Waals surface area contributed by atoms with Crippen molar-refractivity contribution in [3.63, 3.8) is 0 Å². The number of rotatable bonds is 6. The summed E-state index contributed by atoms with van der Waals surface area (Å²) < 4.78 is 0. The van der Waals surface area contributed by atoms with Gasteiger partial charge in [0.05, 0.1) is 0 Å². The third-order valence-corrected chi connectivity index (χ3v) is 4.79. The van der Waals surface area contributed by atoms with E-state index in [-0.39, 0.29) is 0 Å². The number of hydrogen-bond donors (Lipinski definition) is 1. The Morgan fingerprint density at radius 2 is 2.18 bits per heavy atom. The summed E-state index contributed by atoms with van der Waals surface area (Å²) in [7, 11) is 0. The van der Waals surface area contributed by atoms with Crippen molar-refractivity contribution >= 4 is 31.7 Å². The Labute approximate surface area is 113 Å². The van der Waals surface area contributed by atoms with Gasteiger partial charge in [-0.05, 0) is 0 Å². The number of hydrazone groups is 1. The zero-order valence-electron chi connectivity index (χ0n) is 9.55. The molecule has 92 valence electrons. The summed E-state index contributed by atoms with van der Waals surface area (Å²) >= 11 is 6.23. The van der Waals surface area contributed by atoms with Gasteiger partial charge in [0.25, 0.3) is 0 Å². The van der Waals surface area contributed by atoms with E-state index in [1.165, 1.54) is 5.56 Å². The minimum absolute atomic E-state index is 0.453. The van der Waals surface area contributed by atoms with Gasteiger partial charge in [-0.2, -0.15) is 0 Å². The van der Waals surface area contributed by atoms with Crippen LogP contribution in [0.4, 0.5) is 0 Å². The average Bonchev–Trinajstić information content (AvgIpc) is 2.79. The van der Waals surface area contributed by atoms with Crippen molar-refractivity contribution in [2.75, 3.05) is 12.4 Å². The summed E-state index contributed by atoms with van der Waals surface area (Å²) in [5.74, 6) is 0.701. The molecular weight excluding hydrogens is 301 g/mol. The molecular formula is C12H16ClN3Se. The zero-order valence-corrected chi connectivity index (χ0v) is 12.0. The Balaban J connectivity index is 1.73. The van der Waals surface area contributed by atoms with Crippen LogP contribution in [0.5, 0.6) is 0 Å². The van der Waals surface area contributed by atoms with Crippen LogP contribution in [0.25, 0.3) is 0 Å². The van der Waals surface area contributed by atoms with Crippen molar-refractivity contribution in [1.29, 1.82) is 0 Å². The normalized spacial score (nSPS) is 18.9. The van der Waals surface area contributed by atoms with Gasteiger partial charge < -0.3 is 0 Å². The molecule has 1 aliphatic rings. The van der Waals surface area contributed by atoms with E-state index in [1.54, 1.807) is 0 Å². The van der Waals surface area contributed by atoms with Gasteiger partial charge >= 0.3 is 113 Å². The van der Waals surface area contributed by atoms with Crippen molar-refractivity contribution < 1.29 is 0 Å². The summed E-state index contributed by atoms with van der Waals surface area (Å²) in [6.45, 7) is 0.913.